The highest BCUT2D eigenvalue weighted by Crippen LogP contribution is 2.34. The largest absolute Gasteiger partial charge is 0.394 e. The van der Waals surface area contributed by atoms with Crippen molar-refractivity contribution in [1.82, 2.24) is 10.6 Å². The summed E-state index contributed by atoms with van der Waals surface area (Å²) >= 11 is 0. The van der Waals surface area contributed by atoms with Crippen LogP contribution >= 0.6 is 0 Å². The normalized spacial score (nSPS) is 45.6. The van der Waals surface area contributed by atoms with Gasteiger partial charge in [-0.3, -0.25) is 4.79 Å². The van der Waals surface area contributed by atoms with E-state index in [2.05, 4.69) is 10.6 Å². The molecule has 4 rings (SSSR count). The monoisotopic (exact) mass is 695 g/mol. The first-order valence-corrected chi connectivity index (χ1v) is 16.1. The number of nitrogens with one attached hydrogen (secondary N) is 2. The molecule has 1 amide bonds. The number of aliphatic hydroxyl groups excluding tert-OH is 6. The summed E-state index contributed by atoms with van der Waals surface area (Å²) in [7, 11) is 1.75. The highest BCUT2D eigenvalue weighted by atomic mass is 16.8. The second-order valence-electron chi connectivity index (χ2n) is 12.5. The Labute approximate surface area is 277 Å². The third kappa shape index (κ3) is 8.85. The molecule has 18 atom stereocenters. The molecule has 20 nitrogen and oxygen atoms in total. The van der Waals surface area contributed by atoms with Gasteiger partial charge < -0.3 is 98.4 Å². The van der Waals surface area contributed by atoms with E-state index >= 15 is 0 Å². The molecule has 18 unspecified atom stereocenters. The molecule has 20 heteroatoms. The Balaban J connectivity index is 1.55. The summed E-state index contributed by atoms with van der Waals surface area (Å²) in [6.07, 6.45) is -14.5. The Morgan fingerprint density at radius 1 is 0.875 bits per heavy atom. The van der Waals surface area contributed by atoms with Crippen LogP contribution in [-0.2, 0) is 33.2 Å². The molecule has 0 bridgehead atoms. The summed E-state index contributed by atoms with van der Waals surface area (Å²) < 4.78 is 35.6. The predicted molar refractivity (Wildman–Crippen MR) is 164 cm³/mol. The van der Waals surface area contributed by atoms with Crippen LogP contribution in [0.25, 0.3) is 0 Å². The lowest BCUT2D eigenvalue weighted by atomic mass is 9.83. The van der Waals surface area contributed by atoms with Crippen LogP contribution in [0.4, 0.5) is 0 Å². The summed E-state index contributed by atoms with van der Waals surface area (Å²) in [6.45, 7) is -0.345. The smallest absolute Gasteiger partial charge is 0.249 e. The average Bonchev–Trinajstić information content (AvgIpc) is 3.36. The van der Waals surface area contributed by atoms with Crippen LogP contribution in [0.15, 0.2) is 12.2 Å². The molecule has 3 aliphatic heterocycles. The van der Waals surface area contributed by atoms with Crippen LogP contribution in [0.2, 0.25) is 0 Å². The SMILES string of the molecule is CNCC1C=CC(N)C(OC2C(N)CC(NC(=O)C(O)CCN)C(O)C2OC2OC(CO)C(OC3OC(CN)C(O)C(O)C3N)C2O)O1. The molecule has 0 spiro atoms. The van der Waals surface area contributed by atoms with E-state index in [1.54, 1.807) is 19.2 Å². The molecule has 1 aliphatic carbocycles. The van der Waals surface area contributed by atoms with Gasteiger partial charge in [0, 0.05) is 19.1 Å². The number of hydrogen-bond donors (Lipinski definition) is 13. The van der Waals surface area contributed by atoms with E-state index in [9.17, 15) is 35.4 Å². The van der Waals surface area contributed by atoms with Crippen LogP contribution in [0.1, 0.15) is 12.8 Å². The van der Waals surface area contributed by atoms with E-state index in [4.69, 9.17) is 57.1 Å². The van der Waals surface area contributed by atoms with Gasteiger partial charge in [-0.05, 0) is 26.4 Å². The summed E-state index contributed by atoms with van der Waals surface area (Å²) in [6, 6.07) is -3.93. The molecule has 0 aromatic carbocycles. The number of carbonyl (C=O) groups is 1. The highest BCUT2D eigenvalue weighted by molar-refractivity contribution is 5.80. The number of rotatable bonds is 14. The van der Waals surface area contributed by atoms with Gasteiger partial charge in [-0.1, -0.05) is 12.2 Å². The fourth-order valence-corrected chi connectivity index (χ4v) is 6.24. The van der Waals surface area contributed by atoms with Crippen molar-refractivity contribution in [3.05, 3.63) is 12.2 Å². The minimum Gasteiger partial charge on any atom is -0.394 e. The topological polar surface area (TPSA) is 348 Å². The van der Waals surface area contributed by atoms with Gasteiger partial charge >= 0.3 is 0 Å². The van der Waals surface area contributed by atoms with E-state index in [1.165, 1.54) is 0 Å². The minimum atomic E-state index is -1.64. The molecule has 1 saturated carbocycles. The maximum atomic E-state index is 12.7. The molecule has 0 aromatic heterocycles. The first-order chi connectivity index (χ1) is 22.8. The van der Waals surface area contributed by atoms with Gasteiger partial charge in [-0.2, -0.15) is 0 Å². The molecule has 278 valence electrons. The quantitative estimate of drug-likeness (QED) is 0.0750. The Hall–Kier alpha value is -1.51. The second kappa shape index (κ2) is 17.6. The number of amides is 1. The zero-order valence-corrected chi connectivity index (χ0v) is 26.7. The average molecular weight is 696 g/mol. The number of carbonyl (C=O) groups excluding carboxylic acids is 1. The molecular weight excluding hydrogens is 642 g/mol. The van der Waals surface area contributed by atoms with E-state index in [-0.39, 0.29) is 25.9 Å². The van der Waals surface area contributed by atoms with Gasteiger partial charge in [-0.15, -0.1) is 0 Å². The number of aliphatic hydroxyl groups is 6. The van der Waals surface area contributed by atoms with Crippen LogP contribution < -0.4 is 39.3 Å². The fraction of sp³-hybridized carbons (Fsp3) is 0.893. The van der Waals surface area contributed by atoms with E-state index in [0.717, 1.165) is 0 Å². The van der Waals surface area contributed by atoms with Gasteiger partial charge in [0.2, 0.25) is 5.91 Å². The maximum Gasteiger partial charge on any atom is 0.249 e. The molecule has 2 saturated heterocycles. The first kappa shape index (κ1) is 39.3. The molecule has 3 heterocycles. The van der Waals surface area contributed by atoms with Crippen LogP contribution in [0.5, 0.6) is 0 Å². The predicted octanol–water partition coefficient (Wildman–Crippen LogP) is -7.93. The molecule has 4 aliphatic rings. The number of nitrogens with two attached hydrogens (primary N) is 5. The number of ether oxygens (including phenoxy) is 6. The second-order valence-corrected chi connectivity index (χ2v) is 12.5. The zero-order valence-electron chi connectivity index (χ0n) is 26.7. The lowest BCUT2D eigenvalue weighted by Crippen LogP contribution is -2.67. The summed E-state index contributed by atoms with van der Waals surface area (Å²) in [4.78, 5) is 12.7. The molecule has 0 aromatic rings. The molecule has 0 radical (unpaired) electrons. The van der Waals surface area contributed by atoms with E-state index < -0.39 is 123 Å². The first-order valence-electron chi connectivity index (χ1n) is 16.1. The molecule has 18 N–H and O–H groups in total. The fourth-order valence-electron chi connectivity index (χ4n) is 6.24. The standard InChI is InChI=1S/C28H53N7O13/c1-34-8-10-2-3-11(31)26(43-10)46-22-12(32)6-13(35-25(42)14(37)4-5-29)18(38)24(22)48-28-21(41)23(16(9-36)45-28)47-27-17(33)20(40)19(39)15(7-30)44-27/h2-3,10-24,26-28,34,36-41H,4-9,29-33H2,1H3,(H,35,42). The van der Waals surface area contributed by atoms with Crippen molar-refractivity contribution >= 4 is 5.91 Å². The maximum absolute atomic E-state index is 12.7. The van der Waals surface area contributed by atoms with Crippen molar-refractivity contribution < 1.29 is 63.9 Å². The lowest BCUT2D eigenvalue weighted by Gasteiger charge is -2.46. The number of likely N-dealkylation sites (N-methyl/N-ethyl adjacent to an activating group) is 1. The zero-order chi connectivity index (χ0) is 35.3. The highest BCUT2D eigenvalue weighted by Gasteiger charge is 2.54. The van der Waals surface area contributed by atoms with Crippen molar-refractivity contribution in [2.45, 2.75) is 123 Å². The van der Waals surface area contributed by atoms with Crippen molar-refractivity contribution in [3.8, 4) is 0 Å². The van der Waals surface area contributed by atoms with Gasteiger partial charge in [0.1, 0.15) is 61.0 Å². The van der Waals surface area contributed by atoms with Gasteiger partial charge in [-0.25, -0.2) is 0 Å². The van der Waals surface area contributed by atoms with Crippen molar-refractivity contribution in [3.63, 3.8) is 0 Å². The van der Waals surface area contributed by atoms with Gasteiger partial charge in [0.15, 0.2) is 18.9 Å². The third-order valence-electron chi connectivity index (χ3n) is 8.99. The summed E-state index contributed by atoms with van der Waals surface area (Å²) in [5.41, 5.74) is 29.9. The summed E-state index contributed by atoms with van der Waals surface area (Å²) in [5, 5.41) is 69.3. The van der Waals surface area contributed by atoms with Gasteiger partial charge in [0.05, 0.1) is 30.8 Å². The van der Waals surface area contributed by atoms with E-state index in [1.807, 2.05) is 0 Å². The lowest BCUT2D eigenvalue weighted by molar-refractivity contribution is -0.284. The molecular formula is C28H53N7O13. The van der Waals surface area contributed by atoms with Crippen LogP contribution in [-0.4, -0.2) is 180 Å². The Morgan fingerprint density at radius 2 is 1.54 bits per heavy atom. The summed E-state index contributed by atoms with van der Waals surface area (Å²) in [5.74, 6) is -0.787. The molecule has 48 heavy (non-hydrogen) atoms. The van der Waals surface area contributed by atoms with Crippen molar-refractivity contribution in [2.24, 2.45) is 28.7 Å². The Morgan fingerprint density at radius 3 is 2.19 bits per heavy atom. The van der Waals surface area contributed by atoms with Gasteiger partial charge in [0.25, 0.3) is 0 Å². The Kier molecular flexibility index (Phi) is 14.4. The van der Waals surface area contributed by atoms with E-state index in [0.29, 0.717) is 6.54 Å². The minimum absolute atomic E-state index is 0.0169. The third-order valence-corrected chi connectivity index (χ3v) is 8.99. The van der Waals surface area contributed by atoms with Crippen LogP contribution in [0.3, 0.4) is 0 Å². The Bertz CT molecular complexity index is 1050. The van der Waals surface area contributed by atoms with Crippen molar-refractivity contribution in [2.75, 3.05) is 33.3 Å². The molecule has 3 fully saturated rings. The number of hydrogen-bond acceptors (Lipinski definition) is 19. The van der Waals surface area contributed by atoms with Crippen LogP contribution in [0, 0.1) is 0 Å². The van der Waals surface area contributed by atoms with Crippen molar-refractivity contribution in [1.29, 1.82) is 0 Å².